The molecule has 5 nitrogen and oxygen atoms in total. The molecule has 26 heavy (non-hydrogen) atoms. The Hall–Kier alpha value is -2.92. The highest BCUT2D eigenvalue weighted by molar-refractivity contribution is 6.31. The number of hydrogen-bond acceptors (Lipinski definition) is 4. The monoisotopic (exact) mass is 366 g/mol. The Morgan fingerprint density at radius 3 is 2.38 bits per heavy atom. The molecule has 0 unspecified atom stereocenters. The number of carbonyl (C=O) groups excluding carboxylic acids is 1. The number of nitrogens with zero attached hydrogens (tertiary/aromatic N) is 2. The van der Waals surface area contributed by atoms with Crippen LogP contribution >= 0.6 is 11.6 Å². The van der Waals surface area contributed by atoms with Gasteiger partial charge in [0.25, 0.3) is 5.91 Å². The van der Waals surface area contributed by atoms with E-state index in [0.717, 1.165) is 22.6 Å². The minimum atomic E-state index is -0.208. The zero-order chi connectivity index (χ0) is 18.7. The number of rotatable bonds is 4. The van der Waals surface area contributed by atoms with Crippen LogP contribution < -0.4 is 10.6 Å². The first-order valence-electron chi connectivity index (χ1n) is 8.18. The number of benzene rings is 2. The predicted octanol–water partition coefficient (Wildman–Crippen LogP) is 5.05. The molecule has 0 radical (unpaired) electrons. The van der Waals surface area contributed by atoms with Gasteiger partial charge in [-0.15, -0.1) is 0 Å². The van der Waals surface area contributed by atoms with Gasteiger partial charge in [0, 0.05) is 33.3 Å². The van der Waals surface area contributed by atoms with Gasteiger partial charge in [0.2, 0.25) is 5.95 Å². The Morgan fingerprint density at radius 1 is 0.962 bits per heavy atom. The molecule has 2 N–H and O–H groups in total. The number of hydrogen-bond donors (Lipinski definition) is 2. The first-order chi connectivity index (χ1) is 12.4. The van der Waals surface area contributed by atoms with Crippen LogP contribution in [-0.4, -0.2) is 15.9 Å². The van der Waals surface area contributed by atoms with Crippen LogP contribution in [0.2, 0.25) is 5.02 Å². The smallest absolute Gasteiger partial charge is 0.255 e. The molecule has 1 aromatic heterocycles. The molecule has 0 spiro atoms. The van der Waals surface area contributed by atoms with E-state index < -0.39 is 0 Å². The fourth-order valence-electron chi connectivity index (χ4n) is 2.59. The van der Waals surface area contributed by atoms with Crippen LogP contribution in [0.1, 0.15) is 27.3 Å². The molecule has 6 heteroatoms. The van der Waals surface area contributed by atoms with E-state index in [2.05, 4.69) is 20.6 Å². The van der Waals surface area contributed by atoms with Crippen LogP contribution in [0.25, 0.3) is 0 Å². The zero-order valence-electron chi connectivity index (χ0n) is 14.8. The van der Waals surface area contributed by atoms with Gasteiger partial charge in [-0.1, -0.05) is 23.7 Å². The van der Waals surface area contributed by atoms with Gasteiger partial charge in [0.05, 0.1) is 0 Å². The fraction of sp³-hybridized carbons (Fsp3) is 0.150. The molecule has 1 amide bonds. The maximum atomic E-state index is 12.6. The lowest BCUT2D eigenvalue weighted by Crippen LogP contribution is -2.13. The highest BCUT2D eigenvalue weighted by atomic mass is 35.5. The average molecular weight is 367 g/mol. The number of aromatic nitrogens is 2. The lowest BCUT2D eigenvalue weighted by molar-refractivity contribution is 0.102. The molecule has 0 aliphatic rings. The molecule has 0 saturated carbocycles. The Morgan fingerprint density at radius 2 is 1.65 bits per heavy atom. The quantitative estimate of drug-likeness (QED) is 0.678. The van der Waals surface area contributed by atoms with Crippen molar-refractivity contribution in [1.82, 2.24) is 9.97 Å². The number of nitrogens with one attached hydrogen (secondary N) is 2. The molecule has 2 aromatic carbocycles. The summed E-state index contributed by atoms with van der Waals surface area (Å²) in [6, 6.07) is 14.5. The summed E-state index contributed by atoms with van der Waals surface area (Å²) in [6.45, 7) is 5.70. The van der Waals surface area contributed by atoms with E-state index in [1.54, 1.807) is 24.3 Å². The minimum Gasteiger partial charge on any atom is -0.324 e. The van der Waals surface area contributed by atoms with Gasteiger partial charge in [-0.3, -0.25) is 4.79 Å². The van der Waals surface area contributed by atoms with E-state index >= 15 is 0 Å². The van der Waals surface area contributed by atoms with E-state index in [0.29, 0.717) is 22.2 Å². The average Bonchev–Trinajstić information content (AvgIpc) is 2.58. The summed E-state index contributed by atoms with van der Waals surface area (Å²) in [5, 5.41) is 6.65. The Bertz CT molecular complexity index is 952. The van der Waals surface area contributed by atoms with E-state index in [1.165, 1.54) is 0 Å². The largest absolute Gasteiger partial charge is 0.324 e. The first kappa shape index (κ1) is 17.9. The number of aryl methyl sites for hydroxylation is 2. The first-order valence-corrected chi connectivity index (χ1v) is 8.56. The number of anilines is 3. The van der Waals surface area contributed by atoms with Crippen LogP contribution in [0.3, 0.4) is 0 Å². The van der Waals surface area contributed by atoms with Gasteiger partial charge < -0.3 is 10.6 Å². The number of halogens is 1. The minimum absolute atomic E-state index is 0.208. The van der Waals surface area contributed by atoms with Crippen LogP contribution in [0.15, 0.2) is 48.5 Å². The van der Waals surface area contributed by atoms with Crippen molar-refractivity contribution in [1.29, 1.82) is 0 Å². The van der Waals surface area contributed by atoms with E-state index in [4.69, 9.17) is 11.6 Å². The molecule has 0 aliphatic carbocycles. The Kier molecular flexibility index (Phi) is 5.19. The maximum absolute atomic E-state index is 12.6. The van der Waals surface area contributed by atoms with E-state index in [1.807, 2.05) is 45.0 Å². The van der Waals surface area contributed by atoms with Crippen LogP contribution in [0.5, 0.6) is 0 Å². The Labute approximate surface area is 157 Å². The molecule has 0 fully saturated rings. The maximum Gasteiger partial charge on any atom is 0.255 e. The van der Waals surface area contributed by atoms with Crippen LogP contribution in [0.4, 0.5) is 17.3 Å². The standard InChI is InChI=1S/C20H19ClN4O/c1-12-10-13(2)23-20(22-12)24-16-7-4-6-15(11-16)19(26)25-18-9-5-8-17(21)14(18)3/h4-11H,1-3H3,(H,25,26)(H,22,23,24). The van der Waals surface area contributed by atoms with Gasteiger partial charge in [-0.25, -0.2) is 9.97 Å². The lowest BCUT2D eigenvalue weighted by Gasteiger charge is -2.11. The second-order valence-electron chi connectivity index (χ2n) is 6.05. The molecular weight excluding hydrogens is 348 g/mol. The number of carbonyl (C=O) groups is 1. The van der Waals surface area contributed by atoms with E-state index in [9.17, 15) is 4.79 Å². The zero-order valence-corrected chi connectivity index (χ0v) is 15.6. The highest BCUT2D eigenvalue weighted by Gasteiger charge is 2.10. The summed E-state index contributed by atoms with van der Waals surface area (Å²) in [6.07, 6.45) is 0. The van der Waals surface area contributed by atoms with Crippen molar-refractivity contribution in [3.63, 3.8) is 0 Å². The van der Waals surface area contributed by atoms with Crippen molar-refractivity contribution >= 4 is 34.8 Å². The summed E-state index contributed by atoms with van der Waals surface area (Å²) in [4.78, 5) is 21.3. The summed E-state index contributed by atoms with van der Waals surface area (Å²) in [5.74, 6) is 0.297. The van der Waals surface area contributed by atoms with Crippen molar-refractivity contribution in [3.8, 4) is 0 Å². The van der Waals surface area contributed by atoms with Gasteiger partial charge in [-0.05, 0) is 62.7 Å². The third-order valence-corrected chi connectivity index (χ3v) is 4.29. The summed E-state index contributed by atoms with van der Waals surface area (Å²) >= 11 is 6.11. The van der Waals surface area contributed by atoms with Gasteiger partial charge in [0.15, 0.2) is 0 Å². The summed E-state index contributed by atoms with van der Waals surface area (Å²) in [7, 11) is 0. The van der Waals surface area contributed by atoms with Gasteiger partial charge >= 0.3 is 0 Å². The normalized spacial score (nSPS) is 10.5. The molecule has 3 aromatic rings. The lowest BCUT2D eigenvalue weighted by atomic mass is 10.1. The number of amides is 1. The molecule has 132 valence electrons. The second kappa shape index (κ2) is 7.54. The van der Waals surface area contributed by atoms with Crippen LogP contribution in [0, 0.1) is 20.8 Å². The van der Waals surface area contributed by atoms with Crippen molar-refractivity contribution in [3.05, 3.63) is 76.1 Å². The summed E-state index contributed by atoms with van der Waals surface area (Å²) < 4.78 is 0. The third-order valence-electron chi connectivity index (χ3n) is 3.88. The topological polar surface area (TPSA) is 66.9 Å². The van der Waals surface area contributed by atoms with Crippen molar-refractivity contribution in [2.75, 3.05) is 10.6 Å². The highest BCUT2D eigenvalue weighted by Crippen LogP contribution is 2.24. The van der Waals surface area contributed by atoms with Gasteiger partial charge in [0.1, 0.15) is 0 Å². The second-order valence-corrected chi connectivity index (χ2v) is 6.45. The molecule has 0 saturated heterocycles. The van der Waals surface area contributed by atoms with Crippen LogP contribution in [-0.2, 0) is 0 Å². The molecule has 0 atom stereocenters. The molecule has 0 bridgehead atoms. The van der Waals surface area contributed by atoms with Gasteiger partial charge in [-0.2, -0.15) is 0 Å². The van der Waals surface area contributed by atoms with Crippen molar-refractivity contribution in [2.24, 2.45) is 0 Å². The van der Waals surface area contributed by atoms with Crippen molar-refractivity contribution < 1.29 is 4.79 Å². The predicted molar refractivity (Wildman–Crippen MR) is 105 cm³/mol. The van der Waals surface area contributed by atoms with Crippen molar-refractivity contribution in [2.45, 2.75) is 20.8 Å². The molecular formula is C20H19ClN4O. The van der Waals surface area contributed by atoms with E-state index in [-0.39, 0.29) is 5.91 Å². The fourth-order valence-corrected chi connectivity index (χ4v) is 2.76. The Balaban J connectivity index is 1.80. The molecule has 1 heterocycles. The molecule has 0 aliphatic heterocycles. The molecule has 3 rings (SSSR count). The summed E-state index contributed by atoms with van der Waals surface area (Å²) in [5.41, 5.74) is 4.55. The third kappa shape index (κ3) is 4.18. The SMILES string of the molecule is Cc1cc(C)nc(Nc2cccc(C(=O)Nc3cccc(Cl)c3C)c2)n1.